The third-order valence-corrected chi connectivity index (χ3v) is 7.20. The molecule has 1 heterocycles. The molecule has 4 heteroatoms. The second kappa shape index (κ2) is 9.45. The predicted octanol–water partition coefficient (Wildman–Crippen LogP) is 6.19. The topological polar surface area (TPSA) is 27.0 Å². The van der Waals surface area contributed by atoms with E-state index in [0.717, 1.165) is 56.4 Å². The summed E-state index contributed by atoms with van der Waals surface area (Å²) in [5, 5.41) is 9.70. The lowest BCUT2D eigenvalue weighted by atomic mass is 9.88. The van der Waals surface area contributed by atoms with Gasteiger partial charge in [-0.2, -0.15) is 5.26 Å². The lowest BCUT2D eigenvalue weighted by Crippen LogP contribution is -2.47. The highest BCUT2D eigenvalue weighted by Gasteiger charge is 2.26. The Balaban J connectivity index is 1.54. The molecule has 156 valence electrons. The number of fused-ring (bicyclic) bond motifs is 1. The van der Waals surface area contributed by atoms with Crippen LogP contribution in [-0.2, 0) is 12.8 Å². The van der Waals surface area contributed by atoms with Gasteiger partial charge in [0.05, 0.1) is 18.3 Å². The van der Waals surface area contributed by atoms with Gasteiger partial charge in [-0.25, -0.2) is 0 Å². The first kappa shape index (κ1) is 21.3. The molecule has 0 amide bonds. The first-order chi connectivity index (χ1) is 14.6. The van der Waals surface area contributed by atoms with Crippen LogP contribution >= 0.6 is 15.9 Å². The fourth-order valence-corrected chi connectivity index (χ4v) is 5.55. The average molecular weight is 467 g/mol. The van der Waals surface area contributed by atoms with E-state index in [4.69, 9.17) is 0 Å². The molecule has 2 nitrogen and oxygen atoms in total. The third kappa shape index (κ3) is 4.38. The van der Waals surface area contributed by atoms with Gasteiger partial charge in [0.2, 0.25) is 0 Å². The van der Waals surface area contributed by atoms with Gasteiger partial charge in [0.1, 0.15) is 0 Å². The van der Waals surface area contributed by atoms with E-state index in [1.165, 1.54) is 32.3 Å². The summed E-state index contributed by atoms with van der Waals surface area (Å²) in [7, 11) is 0. The zero-order valence-electron chi connectivity index (χ0n) is 17.6. The Morgan fingerprint density at radius 2 is 1.90 bits per heavy atom. The fourth-order valence-electron chi connectivity index (χ4n) is 4.83. The number of nitrogens with zero attached hydrogens (tertiary/aromatic N) is 2. The number of halogens is 2. The molecule has 0 saturated carbocycles. The largest absolute Gasteiger partial charge is 0.303 e. The first-order valence-corrected chi connectivity index (χ1v) is 11.7. The Hall–Kier alpha value is -1.96. The molecule has 0 spiro atoms. The molecule has 30 heavy (non-hydrogen) atoms. The van der Waals surface area contributed by atoms with Gasteiger partial charge < -0.3 is 4.90 Å². The van der Waals surface area contributed by atoms with Crippen LogP contribution in [0.15, 0.2) is 40.9 Å². The second-order valence-corrected chi connectivity index (χ2v) is 9.56. The fraction of sp³-hybridized carbons (Fsp3) is 0.423. The summed E-state index contributed by atoms with van der Waals surface area (Å²) >= 11 is 3.85. The Kier molecular flexibility index (Phi) is 6.71. The maximum atomic E-state index is 12.3. The van der Waals surface area contributed by atoms with Gasteiger partial charge in [-0.15, -0.1) is 0 Å². The predicted molar refractivity (Wildman–Crippen MR) is 124 cm³/mol. The van der Waals surface area contributed by atoms with Crippen LogP contribution in [0.5, 0.6) is 0 Å². The number of hydrogen-bond donors (Lipinski definition) is 0. The lowest BCUT2D eigenvalue weighted by Gasteiger charge is -2.39. The molecular formula is C26H28BrFN2. The van der Waals surface area contributed by atoms with E-state index in [1.807, 2.05) is 6.92 Å². The van der Waals surface area contributed by atoms with E-state index in [9.17, 15) is 9.65 Å². The maximum absolute atomic E-state index is 12.3. The number of aryl methyl sites for hydroxylation is 1. The first-order valence-electron chi connectivity index (χ1n) is 10.9. The van der Waals surface area contributed by atoms with Crippen molar-refractivity contribution in [2.45, 2.75) is 39.0 Å². The van der Waals surface area contributed by atoms with Crippen molar-refractivity contribution >= 4 is 21.5 Å². The van der Waals surface area contributed by atoms with Crippen molar-refractivity contribution in [1.29, 1.82) is 5.26 Å². The number of benzene rings is 2. The summed E-state index contributed by atoms with van der Waals surface area (Å²) < 4.78 is 13.5. The minimum absolute atomic E-state index is 0.216. The number of likely N-dealkylation sites (tertiary alicyclic amines) is 1. The van der Waals surface area contributed by atoms with E-state index >= 15 is 0 Å². The van der Waals surface area contributed by atoms with Crippen LogP contribution < -0.4 is 0 Å². The van der Waals surface area contributed by atoms with Crippen LogP contribution in [0.4, 0.5) is 4.39 Å². The zero-order valence-corrected chi connectivity index (χ0v) is 19.1. The van der Waals surface area contributed by atoms with Gasteiger partial charge in [-0.3, -0.25) is 4.39 Å². The number of alkyl halides is 1. The Morgan fingerprint density at radius 1 is 1.13 bits per heavy atom. The molecule has 0 N–H and O–H groups in total. The van der Waals surface area contributed by atoms with Crippen LogP contribution in [-0.4, -0.2) is 31.2 Å². The molecule has 2 aliphatic rings. The molecule has 0 unspecified atom stereocenters. The normalized spacial score (nSPS) is 17.3. The second-order valence-electron chi connectivity index (χ2n) is 8.60. The number of nitriles is 1. The van der Waals surface area contributed by atoms with Crippen LogP contribution in [0, 0.1) is 24.2 Å². The van der Waals surface area contributed by atoms with Crippen LogP contribution in [0.2, 0.25) is 0 Å². The molecule has 0 atom stereocenters. The van der Waals surface area contributed by atoms with E-state index in [-0.39, 0.29) is 6.67 Å². The number of hydrogen-bond acceptors (Lipinski definition) is 2. The Labute approximate surface area is 187 Å². The van der Waals surface area contributed by atoms with E-state index in [0.29, 0.717) is 12.3 Å². The molecule has 0 radical (unpaired) electrons. The standard InChI is InChI=1S/C26H28BrFN2/c1-18-6-11-23-22(24(18)15-29)4-2-5-25(27)26(23)21-9-7-19(8-10-21)14-20-16-30(17-20)13-3-12-28/h6-11,20H,2-5,12-14,16-17H2,1H3. The zero-order chi connectivity index (χ0) is 21.1. The van der Waals surface area contributed by atoms with Gasteiger partial charge in [-0.1, -0.05) is 52.3 Å². The summed E-state index contributed by atoms with van der Waals surface area (Å²) in [6.07, 6.45) is 4.72. The highest BCUT2D eigenvalue weighted by atomic mass is 79.9. The minimum Gasteiger partial charge on any atom is -0.303 e. The highest BCUT2D eigenvalue weighted by molar-refractivity contribution is 9.11. The van der Waals surface area contributed by atoms with Crippen molar-refractivity contribution in [1.82, 2.24) is 4.90 Å². The molecule has 0 aromatic heterocycles. The number of allylic oxidation sites excluding steroid dienone is 1. The van der Waals surface area contributed by atoms with Gasteiger partial charge >= 0.3 is 0 Å². The quantitative estimate of drug-likeness (QED) is 0.507. The Bertz CT molecular complexity index is 981. The molecule has 0 bridgehead atoms. The van der Waals surface area contributed by atoms with Crippen LogP contribution in [0.1, 0.15) is 52.6 Å². The van der Waals surface area contributed by atoms with Gasteiger partial charge in [0, 0.05) is 24.1 Å². The van der Waals surface area contributed by atoms with E-state index in [2.05, 4.69) is 63.3 Å². The monoisotopic (exact) mass is 466 g/mol. The molecular weight excluding hydrogens is 439 g/mol. The van der Waals surface area contributed by atoms with E-state index in [1.54, 1.807) is 0 Å². The SMILES string of the molecule is Cc1ccc2c(c1C#N)CCCC(Br)=C2c1ccc(CC2CN(CCCF)C2)cc1. The summed E-state index contributed by atoms with van der Waals surface area (Å²) in [4.78, 5) is 2.35. The molecule has 2 aromatic rings. The maximum Gasteiger partial charge on any atom is 0.0997 e. The summed E-state index contributed by atoms with van der Waals surface area (Å²) in [6.45, 7) is 4.87. The van der Waals surface area contributed by atoms with Crippen molar-refractivity contribution < 1.29 is 4.39 Å². The molecule has 1 fully saturated rings. The summed E-state index contributed by atoms with van der Waals surface area (Å²) in [6, 6.07) is 15.6. The van der Waals surface area contributed by atoms with Gasteiger partial charge in [0.15, 0.2) is 0 Å². The van der Waals surface area contributed by atoms with Crippen LogP contribution in [0.25, 0.3) is 5.57 Å². The van der Waals surface area contributed by atoms with Gasteiger partial charge in [0.25, 0.3) is 0 Å². The van der Waals surface area contributed by atoms with Crippen molar-refractivity contribution in [3.63, 3.8) is 0 Å². The molecule has 4 rings (SSSR count). The molecule has 1 saturated heterocycles. The molecule has 1 aliphatic heterocycles. The smallest absolute Gasteiger partial charge is 0.0997 e. The number of rotatable bonds is 6. The molecule has 2 aromatic carbocycles. The summed E-state index contributed by atoms with van der Waals surface area (Å²) in [5.41, 5.74) is 8.08. The Morgan fingerprint density at radius 3 is 2.60 bits per heavy atom. The van der Waals surface area contributed by atoms with Crippen LogP contribution in [0.3, 0.4) is 0 Å². The third-order valence-electron chi connectivity index (χ3n) is 6.40. The van der Waals surface area contributed by atoms with Crippen molar-refractivity contribution in [2.75, 3.05) is 26.3 Å². The van der Waals surface area contributed by atoms with Gasteiger partial charge in [-0.05, 0) is 78.3 Å². The molecule has 1 aliphatic carbocycles. The van der Waals surface area contributed by atoms with Crippen molar-refractivity contribution in [2.24, 2.45) is 5.92 Å². The van der Waals surface area contributed by atoms with Crippen molar-refractivity contribution in [3.05, 3.63) is 74.3 Å². The van der Waals surface area contributed by atoms with Crippen molar-refractivity contribution in [3.8, 4) is 6.07 Å². The van der Waals surface area contributed by atoms with E-state index < -0.39 is 0 Å². The summed E-state index contributed by atoms with van der Waals surface area (Å²) in [5.74, 6) is 0.682. The lowest BCUT2D eigenvalue weighted by molar-refractivity contribution is 0.0968. The minimum atomic E-state index is -0.216. The highest BCUT2D eigenvalue weighted by Crippen LogP contribution is 2.39. The average Bonchev–Trinajstić information content (AvgIpc) is 2.88.